The van der Waals surface area contributed by atoms with Crippen molar-refractivity contribution < 1.29 is 35.1 Å². The Hall–Kier alpha value is -2.20. The first-order valence-corrected chi connectivity index (χ1v) is 12.1. The van der Waals surface area contributed by atoms with Crippen molar-refractivity contribution in [1.29, 1.82) is 0 Å². The summed E-state index contributed by atoms with van der Waals surface area (Å²) in [5.74, 6) is -3.74. The molecule has 204 valence electrons. The molecule has 10 nitrogen and oxygen atoms in total. The van der Waals surface area contributed by atoms with Gasteiger partial charge in [-0.25, -0.2) is 9.59 Å². The van der Waals surface area contributed by atoms with E-state index in [0.29, 0.717) is 4.90 Å². The van der Waals surface area contributed by atoms with Gasteiger partial charge in [0.2, 0.25) is 0 Å². The molecular weight excluding hydrogens is 454 g/mol. The third kappa shape index (κ3) is 10.9. The van der Waals surface area contributed by atoms with E-state index in [9.17, 15) is 24.3 Å². The molecule has 0 bridgehead atoms. The molecule has 0 spiro atoms. The maximum atomic E-state index is 13.9. The molecule has 10 heteroatoms. The Kier molecular flexibility index (Phi) is 11.6. The number of rotatable bonds is 10. The minimum atomic E-state index is -1.65. The summed E-state index contributed by atoms with van der Waals surface area (Å²) in [6.07, 6.45) is -2.42. The zero-order chi connectivity index (χ0) is 28.6. The van der Waals surface area contributed by atoms with Gasteiger partial charge < -0.3 is 25.6 Å². The highest BCUT2D eigenvalue weighted by molar-refractivity contribution is 6.04. The van der Waals surface area contributed by atoms with Gasteiger partial charge in [0.25, 0.3) is 11.8 Å². The second-order valence-electron chi connectivity index (χ2n) is 11.4. The molecule has 0 radical (unpaired) electrons. The maximum absolute atomic E-state index is 13.9. The van der Waals surface area contributed by atoms with Gasteiger partial charge in [-0.1, -0.05) is 41.0 Å². The van der Waals surface area contributed by atoms with Gasteiger partial charge in [0, 0.05) is 7.41 Å². The number of nitrogens with zero attached hydrogens (tertiary/aromatic N) is 1. The summed E-state index contributed by atoms with van der Waals surface area (Å²) >= 11 is 0. The van der Waals surface area contributed by atoms with Crippen LogP contribution in [0.4, 0.5) is 4.79 Å². The van der Waals surface area contributed by atoms with E-state index in [1.165, 1.54) is 0 Å². The van der Waals surface area contributed by atoms with Gasteiger partial charge in [-0.3, -0.25) is 14.5 Å². The molecule has 0 fully saturated rings. The van der Waals surface area contributed by atoms with Crippen LogP contribution in [0.15, 0.2) is 0 Å². The maximum Gasteiger partial charge on any atom is 0.408 e. The van der Waals surface area contributed by atoms with Crippen LogP contribution in [0, 0.1) is 11.8 Å². The summed E-state index contributed by atoms with van der Waals surface area (Å²) in [6.45, 7) is 16.6. The van der Waals surface area contributed by atoms with Crippen LogP contribution in [0.1, 0.15) is 90.3 Å². The highest BCUT2D eigenvalue weighted by Crippen LogP contribution is 2.22. The number of aliphatic hydroxyl groups is 1. The quantitative estimate of drug-likeness (QED) is 0.386. The number of alkyl carbamates (subject to hydrolysis) is 1. The zero-order valence-corrected chi connectivity index (χ0v) is 23.0. The molecule has 3 unspecified atom stereocenters. The number of esters is 1. The number of carbonyl (C=O) groups is 4. The van der Waals surface area contributed by atoms with Crippen molar-refractivity contribution in [3.8, 4) is 0 Å². The fraction of sp³-hybridized carbons (Fsp3) is 0.840. The fourth-order valence-corrected chi connectivity index (χ4v) is 3.12. The van der Waals surface area contributed by atoms with E-state index in [4.69, 9.17) is 16.6 Å². The Morgan fingerprint density at radius 2 is 1.46 bits per heavy atom. The van der Waals surface area contributed by atoms with E-state index in [2.05, 4.69) is 5.32 Å². The molecule has 0 aromatic heterocycles. The smallest absolute Gasteiger partial charge is 0.408 e. The summed E-state index contributed by atoms with van der Waals surface area (Å²) in [5, 5.41) is 13.1. The lowest BCUT2D eigenvalue weighted by atomic mass is 9.93. The van der Waals surface area contributed by atoms with E-state index in [1.807, 2.05) is 0 Å². The van der Waals surface area contributed by atoms with Crippen LogP contribution in [-0.2, 0) is 23.9 Å². The Morgan fingerprint density at radius 1 is 0.943 bits per heavy atom. The number of carbonyl (C=O) groups excluding carboxylic acids is 4. The normalized spacial score (nSPS) is 16.1. The van der Waals surface area contributed by atoms with Gasteiger partial charge in [-0.15, -0.1) is 0 Å². The van der Waals surface area contributed by atoms with E-state index in [-0.39, 0.29) is 25.7 Å². The van der Waals surface area contributed by atoms with Gasteiger partial charge in [0.15, 0.2) is 6.04 Å². The molecule has 0 aliphatic heterocycles. The SMILES string of the molecule is [2H]CCCC(O)C(=O)N(C(=O)[C@@H](NC(=O)OC(C)(C)C)C(C)C)C(C(=O)OC(C)(C)C)C(N)C(C)C. The van der Waals surface area contributed by atoms with Crippen LogP contribution < -0.4 is 11.1 Å². The minimum Gasteiger partial charge on any atom is -0.458 e. The van der Waals surface area contributed by atoms with Crippen LogP contribution in [0.2, 0.25) is 0 Å². The molecule has 0 saturated heterocycles. The predicted octanol–water partition coefficient (Wildman–Crippen LogP) is 2.75. The summed E-state index contributed by atoms with van der Waals surface area (Å²) in [4.78, 5) is 53.8. The molecule has 4 N–H and O–H groups in total. The van der Waals surface area contributed by atoms with Crippen LogP contribution in [0.3, 0.4) is 0 Å². The standard InChI is InChI=1S/C25H47N3O7/c1-12-13-16(29)20(30)28(19(17(26)14(2)3)22(32)34-24(6,7)8)21(31)18(15(4)5)27-23(33)35-25(9,10)11/h14-19,29H,12-13,26H2,1-11H3,(H,27,33)/t16?,17?,18-,19?/m0/s1/i1D. The summed E-state index contributed by atoms with van der Waals surface area (Å²) in [7, 11) is 0. The van der Waals surface area contributed by atoms with Crippen molar-refractivity contribution in [3.05, 3.63) is 0 Å². The van der Waals surface area contributed by atoms with Gasteiger partial charge in [-0.2, -0.15) is 0 Å². The minimum absolute atomic E-state index is 0.0336. The van der Waals surface area contributed by atoms with E-state index in [0.717, 1.165) is 0 Å². The topological polar surface area (TPSA) is 148 Å². The third-order valence-electron chi connectivity index (χ3n) is 4.90. The molecule has 0 aromatic carbocycles. The van der Waals surface area contributed by atoms with E-state index < -0.39 is 65.2 Å². The first kappa shape index (κ1) is 30.8. The molecule has 3 amide bonds. The van der Waals surface area contributed by atoms with Gasteiger partial charge in [0.05, 0.1) is 0 Å². The highest BCUT2D eigenvalue weighted by Gasteiger charge is 2.46. The summed E-state index contributed by atoms with van der Waals surface area (Å²) < 4.78 is 18.1. The van der Waals surface area contributed by atoms with Crippen molar-refractivity contribution in [2.75, 3.05) is 0 Å². The number of ether oxygens (including phenoxy) is 2. The number of amides is 3. The van der Waals surface area contributed by atoms with Crippen molar-refractivity contribution in [2.45, 2.75) is 124 Å². The third-order valence-corrected chi connectivity index (χ3v) is 4.90. The lowest BCUT2D eigenvalue weighted by molar-refractivity contribution is -0.173. The molecule has 0 heterocycles. The summed E-state index contributed by atoms with van der Waals surface area (Å²) in [6, 6.07) is -3.85. The molecule has 0 aliphatic rings. The Morgan fingerprint density at radius 3 is 1.86 bits per heavy atom. The Balaban J connectivity index is 6.65. The van der Waals surface area contributed by atoms with Crippen LogP contribution in [-0.4, -0.2) is 69.3 Å². The van der Waals surface area contributed by atoms with Crippen molar-refractivity contribution in [1.82, 2.24) is 10.2 Å². The zero-order valence-electron chi connectivity index (χ0n) is 24.0. The highest BCUT2D eigenvalue weighted by atomic mass is 16.6. The summed E-state index contributed by atoms with van der Waals surface area (Å²) in [5.41, 5.74) is 4.57. The monoisotopic (exact) mass is 502 g/mol. The van der Waals surface area contributed by atoms with E-state index >= 15 is 0 Å². The Labute approximate surface area is 211 Å². The van der Waals surface area contributed by atoms with Crippen molar-refractivity contribution >= 4 is 23.9 Å². The lowest BCUT2D eigenvalue weighted by Gasteiger charge is -2.38. The first-order chi connectivity index (χ1) is 16.2. The van der Waals surface area contributed by atoms with Gasteiger partial charge >= 0.3 is 12.1 Å². The molecule has 35 heavy (non-hydrogen) atoms. The molecule has 0 aromatic rings. The molecule has 0 aliphatic carbocycles. The van der Waals surface area contributed by atoms with Crippen LogP contribution >= 0.6 is 0 Å². The van der Waals surface area contributed by atoms with Crippen molar-refractivity contribution in [3.63, 3.8) is 0 Å². The first-order valence-electron chi connectivity index (χ1n) is 12.8. The second-order valence-corrected chi connectivity index (χ2v) is 11.4. The molecular formula is C25H47N3O7. The van der Waals surface area contributed by atoms with Crippen molar-refractivity contribution in [2.24, 2.45) is 17.6 Å². The number of aliphatic hydroxyl groups excluding tert-OH is 1. The fourth-order valence-electron chi connectivity index (χ4n) is 3.12. The predicted molar refractivity (Wildman–Crippen MR) is 133 cm³/mol. The lowest BCUT2D eigenvalue weighted by Crippen LogP contribution is -2.65. The average molecular weight is 503 g/mol. The number of hydrogen-bond acceptors (Lipinski definition) is 8. The van der Waals surface area contributed by atoms with Crippen LogP contribution in [0.5, 0.6) is 0 Å². The number of imide groups is 1. The number of nitrogens with two attached hydrogens (primary N) is 1. The van der Waals surface area contributed by atoms with Gasteiger partial charge in [-0.05, 0) is 59.8 Å². The molecule has 0 saturated carbocycles. The average Bonchev–Trinajstić information content (AvgIpc) is 2.69. The largest absolute Gasteiger partial charge is 0.458 e. The second kappa shape index (κ2) is 13.2. The van der Waals surface area contributed by atoms with Gasteiger partial charge in [0.1, 0.15) is 23.3 Å². The Bertz CT molecular complexity index is 760. The number of nitrogens with one attached hydrogen (secondary N) is 1. The molecule has 4 atom stereocenters. The van der Waals surface area contributed by atoms with Crippen LogP contribution in [0.25, 0.3) is 0 Å². The number of hydrogen-bond donors (Lipinski definition) is 3. The molecule has 0 rings (SSSR count). The van der Waals surface area contributed by atoms with E-state index in [1.54, 1.807) is 69.2 Å².